The molecule has 3 heterocycles. The predicted octanol–water partition coefficient (Wildman–Crippen LogP) is 3.84. The van der Waals surface area contributed by atoms with Crippen molar-refractivity contribution in [3.05, 3.63) is 16.9 Å². The van der Waals surface area contributed by atoms with Gasteiger partial charge in [-0.1, -0.05) is 18.5 Å². The number of nitrogens with one attached hydrogen (secondary N) is 2. The summed E-state index contributed by atoms with van der Waals surface area (Å²) in [4.78, 5) is 27.3. The first kappa shape index (κ1) is 21.0. The van der Waals surface area contributed by atoms with Crippen molar-refractivity contribution in [1.29, 1.82) is 0 Å². The lowest BCUT2D eigenvalue weighted by molar-refractivity contribution is -0.0970. The molecule has 0 amide bonds. The maximum absolute atomic E-state index is 14.3. The minimum Gasteiger partial charge on any atom is -0.365 e. The fraction of sp³-hybridized carbons (Fsp3) is 0.667. The maximum Gasteiger partial charge on any atom is 0.439 e. The van der Waals surface area contributed by atoms with Crippen LogP contribution in [0.15, 0.2) is 15.6 Å². The Morgan fingerprint density at radius 2 is 2.12 bits per heavy atom. The number of imidazole rings is 1. The molecule has 0 saturated heterocycles. The number of alkyl halides is 2. The standard InChI is InChI=1S/C21H27F2N7O2/c1-11-6-7-13(8-21(11,22)23)9-30-10-24-16-15(30)17(25-12(2)14-4-3-5-14)27-18(26-16)19-28-20(31)32-29-19/h10-14H,3-9H2,1-2H3,(H,25,26,27)(H,28,29,31). The Bertz CT molecular complexity index is 1170. The number of aromatic nitrogens is 6. The van der Waals surface area contributed by atoms with E-state index in [9.17, 15) is 13.6 Å². The SMILES string of the molecule is CC(Nc1nc(-c2noc(=O)[nH]2)nc2ncn(CC3CCC(C)C(F)(F)C3)c12)C1CCC1. The zero-order valence-corrected chi connectivity index (χ0v) is 18.1. The second kappa shape index (κ2) is 7.93. The van der Waals surface area contributed by atoms with Gasteiger partial charge >= 0.3 is 5.76 Å². The molecule has 0 aliphatic heterocycles. The van der Waals surface area contributed by atoms with E-state index in [0.29, 0.717) is 35.9 Å². The number of hydrogen-bond acceptors (Lipinski definition) is 7. The Balaban J connectivity index is 1.50. The first-order valence-corrected chi connectivity index (χ1v) is 11.2. The third-order valence-corrected chi connectivity index (χ3v) is 7.09. The van der Waals surface area contributed by atoms with Crippen LogP contribution in [0.25, 0.3) is 22.8 Å². The summed E-state index contributed by atoms with van der Waals surface area (Å²) in [5, 5.41) is 7.17. The van der Waals surface area contributed by atoms with Crippen LogP contribution in [-0.4, -0.2) is 41.6 Å². The molecular weight excluding hydrogens is 420 g/mol. The minimum atomic E-state index is -2.65. The monoisotopic (exact) mass is 447 g/mol. The number of nitrogens with zero attached hydrogens (tertiary/aromatic N) is 5. The zero-order valence-electron chi connectivity index (χ0n) is 18.1. The lowest BCUT2D eigenvalue weighted by atomic mass is 9.80. The van der Waals surface area contributed by atoms with Crippen LogP contribution in [0.4, 0.5) is 14.6 Å². The largest absolute Gasteiger partial charge is 0.439 e. The van der Waals surface area contributed by atoms with Crippen molar-refractivity contribution in [2.75, 3.05) is 5.32 Å². The van der Waals surface area contributed by atoms with E-state index in [0.717, 1.165) is 19.3 Å². The molecule has 3 atom stereocenters. The smallest absolute Gasteiger partial charge is 0.365 e. The minimum absolute atomic E-state index is 0.117. The first-order valence-electron chi connectivity index (χ1n) is 11.2. The topological polar surface area (TPSA) is 115 Å². The zero-order chi connectivity index (χ0) is 22.5. The highest BCUT2D eigenvalue weighted by atomic mass is 19.3. The van der Waals surface area contributed by atoms with E-state index in [-0.39, 0.29) is 30.0 Å². The molecule has 3 aromatic heterocycles. The molecular formula is C21H27F2N7O2. The van der Waals surface area contributed by atoms with Gasteiger partial charge in [-0.05, 0) is 44.4 Å². The number of rotatable bonds is 6. The summed E-state index contributed by atoms with van der Waals surface area (Å²) in [6, 6.07) is 0.175. The van der Waals surface area contributed by atoms with E-state index in [2.05, 4.69) is 41.9 Å². The van der Waals surface area contributed by atoms with E-state index in [1.54, 1.807) is 13.3 Å². The number of anilines is 1. The molecule has 0 bridgehead atoms. The highest BCUT2D eigenvalue weighted by Crippen LogP contribution is 2.42. The molecule has 2 aliphatic rings. The number of hydrogen-bond donors (Lipinski definition) is 2. The lowest BCUT2D eigenvalue weighted by Crippen LogP contribution is -2.35. The maximum atomic E-state index is 14.3. The van der Waals surface area contributed by atoms with E-state index in [1.165, 1.54) is 6.42 Å². The van der Waals surface area contributed by atoms with E-state index >= 15 is 0 Å². The third kappa shape index (κ3) is 3.88. The fourth-order valence-corrected chi connectivity index (χ4v) is 4.74. The highest BCUT2D eigenvalue weighted by molar-refractivity contribution is 5.85. The van der Waals surface area contributed by atoms with Crippen LogP contribution in [0.3, 0.4) is 0 Å². The summed E-state index contributed by atoms with van der Waals surface area (Å²) >= 11 is 0. The van der Waals surface area contributed by atoms with Gasteiger partial charge in [0.25, 0.3) is 5.92 Å². The summed E-state index contributed by atoms with van der Waals surface area (Å²) in [6.45, 7) is 4.16. The average Bonchev–Trinajstić information content (AvgIpc) is 3.29. The van der Waals surface area contributed by atoms with Crippen LogP contribution in [0, 0.1) is 17.8 Å². The molecule has 5 rings (SSSR count). The van der Waals surface area contributed by atoms with E-state index < -0.39 is 17.6 Å². The molecule has 0 aromatic carbocycles. The summed E-state index contributed by atoms with van der Waals surface area (Å²) in [5.41, 5.74) is 1.09. The van der Waals surface area contributed by atoms with Gasteiger partial charge in [0.15, 0.2) is 11.5 Å². The number of aromatic amines is 1. The van der Waals surface area contributed by atoms with Gasteiger partial charge in [-0.15, -0.1) is 0 Å². The van der Waals surface area contributed by atoms with Crippen molar-refractivity contribution in [2.24, 2.45) is 17.8 Å². The molecule has 2 fully saturated rings. The van der Waals surface area contributed by atoms with Gasteiger partial charge in [0.2, 0.25) is 11.6 Å². The fourth-order valence-electron chi connectivity index (χ4n) is 4.74. The van der Waals surface area contributed by atoms with Gasteiger partial charge in [0, 0.05) is 24.9 Å². The molecule has 2 N–H and O–H groups in total. The van der Waals surface area contributed by atoms with Crippen LogP contribution in [0.2, 0.25) is 0 Å². The van der Waals surface area contributed by atoms with Gasteiger partial charge in [-0.3, -0.25) is 9.51 Å². The summed E-state index contributed by atoms with van der Waals surface area (Å²) in [6.07, 6.45) is 6.28. The molecule has 9 nitrogen and oxygen atoms in total. The number of fused-ring (bicyclic) bond motifs is 1. The van der Waals surface area contributed by atoms with Crippen LogP contribution in [-0.2, 0) is 6.54 Å². The third-order valence-electron chi connectivity index (χ3n) is 7.09. The Labute approximate surface area is 183 Å². The number of H-pyrrole nitrogens is 1. The Kier molecular flexibility index (Phi) is 5.21. The lowest BCUT2D eigenvalue weighted by Gasteiger charge is -2.34. The van der Waals surface area contributed by atoms with Crippen LogP contribution in [0.5, 0.6) is 0 Å². The van der Waals surface area contributed by atoms with Gasteiger partial charge in [-0.25, -0.2) is 28.5 Å². The van der Waals surface area contributed by atoms with Crippen molar-refractivity contribution in [3.63, 3.8) is 0 Å². The second-order valence-corrected chi connectivity index (χ2v) is 9.34. The summed E-state index contributed by atoms with van der Waals surface area (Å²) in [5.74, 6) is -2.68. The van der Waals surface area contributed by atoms with Gasteiger partial charge < -0.3 is 9.88 Å². The normalized spacial score (nSPS) is 24.4. The highest BCUT2D eigenvalue weighted by Gasteiger charge is 2.42. The van der Waals surface area contributed by atoms with E-state index in [1.807, 2.05) is 4.57 Å². The Morgan fingerprint density at radius 1 is 1.31 bits per heavy atom. The van der Waals surface area contributed by atoms with Crippen molar-refractivity contribution in [3.8, 4) is 11.6 Å². The van der Waals surface area contributed by atoms with Crippen LogP contribution >= 0.6 is 0 Å². The van der Waals surface area contributed by atoms with Crippen molar-refractivity contribution >= 4 is 17.0 Å². The molecule has 3 unspecified atom stereocenters. The molecule has 32 heavy (non-hydrogen) atoms. The van der Waals surface area contributed by atoms with Crippen LogP contribution < -0.4 is 11.1 Å². The van der Waals surface area contributed by atoms with Gasteiger partial charge in [0.1, 0.15) is 5.52 Å². The van der Waals surface area contributed by atoms with E-state index in [4.69, 9.17) is 0 Å². The Hall–Kier alpha value is -2.85. The van der Waals surface area contributed by atoms with Crippen molar-refractivity contribution in [1.82, 2.24) is 29.7 Å². The molecule has 11 heteroatoms. The predicted molar refractivity (Wildman–Crippen MR) is 113 cm³/mol. The molecule has 2 saturated carbocycles. The van der Waals surface area contributed by atoms with Gasteiger partial charge in [-0.2, -0.15) is 0 Å². The van der Waals surface area contributed by atoms with Crippen molar-refractivity contribution in [2.45, 2.75) is 70.9 Å². The Morgan fingerprint density at radius 3 is 2.78 bits per heavy atom. The number of halogens is 2. The van der Waals surface area contributed by atoms with Crippen molar-refractivity contribution < 1.29 is 13.3 Å². The molecule has 3 aromatic rings. The molecule has 0 spiro atoms. The average molecular weight is 447 g/mol. The van der Waals surface area contributed by atoms with Gasteiger partial charge in [0.05, 0.1) is 6.33 Å². The second-order valence-electron chi connectivity index (χ2n) is 9.34. The quantitative estimate of drug-likeness (QED) is 0.590. The summed E-state index contributed by atoms with van der Waals surface area (Å²) in [7, 11) is 0. The van der Waals surface area contributed by atoms with Crippen LogP contribution in [0.1, 0.15) is 52.4 Å². The first-order chi connectivity index (χ1) is 15.3. The molecule has 0 radical (unpaired) electrons. The molecule has 172 valence electrons. The molecule has 2 aliphatic carbocycles. The summed E-state index contributed by atoms with van der Waals surface area (Å²) < 4.78 is 35.1.